The first-order valence-corrected chi connectivity index (χ1v) is 7.47. The number of rotatable bonds is 3. The third-order valence-corrected chi connectivity index (χ3v) is 4.07. The summed E-state index contributed by atoms with van der Waals surface area (Å²) in [5.41, 5.74) is 5.64. The van der Waals surface area contributed by atoms with Crippen LogP contribution >= 0.6 is 11.6 Å². The molecule has 110 valence electrons. The van der Waals surface area contributed by atoms with Crippen LogP contribution in [0.2, 0.25) is 5.15 Å². The Hall–Kier alpha value is -1.11. The number of piperazine rings is 1. The van der Waals surface area contributed by atoms with Gasteiger partial charge in [0.15, 0.2) is 0 Å². The zero-order valence-electron chi connectivity index (χ0n) is 11.5. The molecule has 6 nitrogen and oxygen atoms in total. The van der Waals surface area contributed by atoms with Gasteiger partial charge in [0.25, 0.3) is 0 Å². The molecule has 0 unspecified atom stereocenters. The fourth-order valence-electron chi connectivity index (χ4n) is 2.82. The Morgan fingerprint density at radius 1 is 1.30 bits per heavy atom. The number of aromatic nitrogens is 2. The van der Waals surface area contributed by atoms with Crippen molar-refractivity contribution in [3.05, 3.63) is 11.2 Å². The number of nitrogens with zero attached hydrogens (tertiary/aromatic N) is 4. The van der Waals surface area contributed by atoms with Crippen molar-refractivity contribution in [3.8, 4) is 0 Å². The van der Waals surface area contributed by atoms with Gasteiger partial charge < -0.3 is 15.4 Å². The third kappa shape index (κ3) is 3.31. The Morgan fingerprint density at radius 2 is 2.10 bits per heavy atom. The highest BCUT2D eigenvalue weighted by molar-refractivity contribution is 6.29. The normalized spacial score (nSPS) is 24.2. The summed E-state index contributed by atoms with van der Waals surface area (Å²) < 4.78 is 5.69. The Morgan fingerprint density at radius 3 is 2.75 bits per heavy atom. The van der Waals surface area contributed by atoms with Crippen LogP contribution in [-0.4, -0.2) is 60.3 Å². The van der Waals surface area contributed by atoms with Gasteiger partial charge >= 0.3 is 0 Å². The van der Waals surface area contributed by atoms with Gasteiger partial charge in [-0.2, -0.15) is 4.98 Å². The first kappa shape index (κ1) is 13.9. The topological polar surface area (TPSA) is 67.5 Å². The minimum atomic E-state index is 0.231. The molecule has 0 saturated carbocycles. The van der Waals surface area contributed by atoms with Crippen LogP contribution in [0.4, 0.5) is 11.8 Å². The summed E-state index contributed by atoms with van der Waals surface area (Å²) in [4.78, 5) is 12.8. The molecule has 2 saturated heterocycles. The predicted octanol–water partition coefficient (Wildman–Crippen LogP) is 1.01. The van der Waals surface area contributed by atoms with E-state index < -0.39 is 0 Å². The zero-order valence-corrected chi connectivity index (χ0v) is 12.2. The fourth-order valence-corrected chi connectivity index (χ4v) is 3.00. The van der Waals surface area contributed by atoms with Crippen LogP contribution in [0.3, 0.4) is 0 Å². The lowest BCUT2D eigenvalue weighted by Crippen LogP contribution is -2.48. The van der Waals surface area contributed by atoms with Gasteiger partial charge in [-0.25, -0.2) is 4.98 Å². The molecule has 3 rings (SSSR count). The highest BCUT2D eigenvalue weighted by atomic mass is 35.5. The average molecular weight is 298 g/mol. The maximum absolute atomic E-state index is 5.93. The first-order chi connectivity index (χ1) is 9.70. The van der Waals surface area contributed by atoms with Crippen LogP contribution < -0.4 is 10.6 Å². The Kier molecular flexibility index (Phi) is 4.24. The smallest absolute Gasteiger partial charge is 0.223 e. The van der Waals surface area contributed by atoms with Gasteiger partial charge in [0.05, 0.1) is 6.10 Å². The summed E-state index contributed by atoms with van der Waals surface area (Å²) in [6, 6.07) is 1.77. The van der Waals surface area contributed by atoms with E-state index in [1.807, 2.05) is 0 Å². The summed E-state index contributed by atoms with van der Waals surface area (Å²) >= 11 is 5.93. The molecule has 2 N–H and O–H groups in total. The molecule has 20 heavy (non-hydrogen) atoms. The minimum absolute atomic E-state index is 0.231. The molecular weight excluding hydrogens is 278 g/mol. The van der Waals surface area contributed by atoms with Gasteiger partial charge in [-0.15, -0.1) is 0 Å². The second-order valence-corrected chi connectivity index (χ2v) is 5.72. The second-order valence-electron chi connectivity index (χ2n) is 5.33. The standard InChI is InChI=1S/C13H20ClN5O/c14-11-8-12(17-13(15)16-11)19-5-3-18(4-6-19)9-10-2-1-7-20-10/h8,10H,1-7,9H2,(H2,15,16,17)/t10-/m0/s1. The monoisotopic (exact) mass is 297 g/mol. The van der Waals surface area contributed by atoms with E-state index in [2.05, 4.69) is 19.8 Å². The SMILES string of the molecule is Nc1nc(Cl)cc(N2CCN(C[C@@H]3CCCO3)CC2)n1. The molecule has 0 aromatic carbocycles. The number of ether oxygens (including phenoxy) is 1. The molecule has 0 radical (unpaired) electrons. The van der Waals surface area contributed by atoms with E-state index in [1.54, 1.807) is 6.07 Å². The van der Waals surface area contributed by atoms with E-state index in [9.17, 15) is 0 Å². The highest BCUT2D eigenvalue weighted by Crippen LogP contribution is 2.19. The summed E-state index contributed by atoms with van der Waals surface area (Å²) in [6.07, 6.45) is 2.81. The van der Waals surface area contributed by atoms with Crippen LogP contribution in [0.25, 0.3) is 0 Å². The molecule has 0 aliphatic carbocycles. The van der Waals surface area contributed by atoms with Crippen molar-refractivity contribution in [2.75, 3.05) is 50.0 Å². The summed E-state index contributed by atoms with van der Waals surface area (Å²) in [7, 11) is 0. The number of hydrogen-bond acceptors (Lipinski definition) is 6. The van der Waals surface area contributed by atoms with E-state index in [1.165, 1.54) is 12.8 Å². The second kappa shape index (κ2) is 6.11. The maximum Gasteiger partial charge on any atom is 0.223 e. The Labute approximate surface area is 123 Å². The highest BCUT2D eigenvalue weighted by Gasteiger charge is 2.23. The van der Waals surface area contributed by atoms with Gasteiger partial charge in [0, 0.05) is 45.4 Å². The zero-order chi connectivity index (χ0) is 13.9. The molecule has 1 aromatic heterocycles. The van der Waals surface area contributed by atoms with Crippen molar-refractivity contribution >= 4 is 23.4 Å². The lowest BCUT2D eigenvalue weighted by molar-refractivity contribution is 0.0712. The number of halogens is 1. The van der Waals surface area contributed by atoms with Crippen molar-refractivity contribution < 1.29 is 4.74 Å². The molecular formula is C13H20ClN5O. The average Bonchev–Trinajstić information content (AvgIpc) is 2.91. The van der Waals surface area contributed by atoms with Gasteiger partial charge in [-0.1, -0.05) is 11.6 Å². The predicted molar refractivity (Wildman–Crippen MR) is 79.1 cm³/mol. The Balaban J connectivity index is 1.55. The van der Waals surface area contributed by atoms with Crippen molar-refractivity contribution in [1.29, 1.82) is 0 Å². The molecule has 0 spiro atoms. The minimum Gasteiger partial charge on any atom is -0.377 e. The fraction of sp³-hybridized carbons (Fsp3) is 0.692. The lowest BCUT2D eigenvalue weighted by atomic mass is 10.2. The van der Waals surface area contributed by atoms with E-state index in [0.717, 1.165) is 45.1 Å². The maximum atomic E-state index is 5.93. The molecule has 0 amide bonds. The largest absolute Gasteiger partial charge is 0.377 e. The molecule has 3 heterocycles. The van der Waals surface area contributed by atoms with Crippen molar-refractivity contribution in [2.45, 2.75) is 18.9 Å². The van der Waals surface area contributed by atoms with E-state index in [4.69, 9.17) is 22.1 Å². The quantitative estimate of drug-likeness (QED) is 0.840. The van der Waals surface area contributed by atoms with Crippen molar-refractivity contribution in [2.24, 2.45) is 0 Å². The van der Waals surface area contributed by atoms with Crippen molar-refractivity contribution in [3.63, 3.8) is 0 Å². The summed E-state index contributed by atoms with van der Waals surface area (Å²) in [5.74, 6) is 1.05. The third-order valence-electron chi connectivity index (χ3n) is 3.88. The molecule has 1 aromatic rings. The first-order valence-electron chi connectivity index (χ1n) is 7.10. The number of nitrogens with two attached hydrogens (primary N) is 1. The van der Waals surface area contributed by atoms with Gasteiger partial charge in [0.1, 0.15) is 11.0 Å². The summed E-state index contributed by atoms with van der Waals surface area (Å²) in [6.45, 7) is 5.85. The molecule has 1 atom stereocenters. The van der Waals surface area contributed by atoms with Crippen molar-refractivity contribution in [1.82, 2.24) is 14.9 Å². The van der Waals surface area contributed by atoms with E-state index >= 15 is 0 Å². The molecule has 0 bridgehead atoms. The number of nitrogen functional groups attached to an aromatic ring is 1. The molecule has 7 heteroatoms. The lowest BCUT2D eigenvalue weighted by Gasteiger charge is -2.36. The molecule has 2 fully saturated rings. The molecule has 2 aliphatic heterocycles. The summed E-state index contributed by atoms with van der Waals surface area (Å²) in [5, 5.41) is 0.397. The molecule has 2 aliphatic rings. The van der Waals surface area contributed by atoms with Crippen LogP contribution in [-0.2, 0) is 4.74 Å². The van der Waals surface area contributed by atoms with Gasteiger partial charge in [-0.3, -0.25) is 4.90 Å². The van der Waals surface area contributed by atoms with E-state index in [0.29, 0.717) is 11.3 Å². The van der Waals surface area contributed by atoms with Gasteiger partial charge in [0.2, 0.25) is 5.95 Å². The van der Waals surface area contributed by atoms with Crippen LogP contribution in [0.5, 0.6) is 0 Å². The van der Waals surface area contributed by atoms with Crippen LogP contribution in [0.1, 0.15) is 12.8 Å². The number of anilines is 2. The van der Waals surface area contributed by atoms with Crippen LogP contribution in [0, 0.1) is 0 Å². The number of hydrogen-bond donors (Lipinski definition) is 1. The Bertz CT molecular complexity index is 438. The van der Waals surface area contributed by atoms with Gasteiger partial charge in [-0.05, 0) is 12.8 Å². The van der Waals surface area contributed by atoms with E-state index in [-0.39, 0.29) is 5.95 Å². The van der Waals surface area contributed by atoms with Crippen LogP contribution in [0.15, 0.2) is 6.07 Å².